The lowest BCUT2D eigenvalue weighted by Gasteiger charge is -2.23. The van der Waals surface area contributed by atoms with Crippen LogP contribution in [-0.4, -0.2) is 63.1 Å². The minimum atomic E-state index is 0.612. The predicted octanol–water partition coefficient (Wildman–Crippen LogP) is 2.82. The zero-order valence-corrected chi connectivity index (χ0v) is 16.2. The molecule has 0 aromatic heterocycles. The topological polar surface area (TPSA) is 40.1 Å². The van der Waals surface area contributed by atoms with Crippen LogP contribution in [0.3, 0.4) is 0 Å². The normalized spacial score (nSPS) is 11.9. The zero-order valence-electron chi connectivity index (χ0n) is 16.2. The Balaban J connectivity index is 2.34. The van der Waals surface area contributed by atoms with Crippen LogP contribution in [0.2, 0.25) is 0 Å². The second-order valence-corrected chi connectivity index (χ2v) is 6.46. The summed E-state index contributed by atoms with van der Waals surface area (Å²) in [7, 11) is 7.76. The van der Waals surface area contributed by atoms with Crippen LogP contribution in [-0.2, 0) is 6.54 Å². The van der Waals surface area contributed by atoms with E-state index in [4.69, 9.17) is 4.74 Å². The molecule has 0 saturated carbocycles. The van der Waals surface area contributed by atoms with Crippen molar-refractivity contribution in [3.8, 4) is 5.75 Å². The number of benzene rings is 1. The third kappa shape index (κ3) is 7.21. The second kappa shape index (κ2) is 10.9. The highest BCUT2D eigenvalue weighted by molar-refractivity contribution is 5.79. The molecule has 5 heteroatoms. The molecular formula is C19H34N4O. The smallest absolute Gasteiger partial charge is 0.193 e. The van der Waals surface area contributed by atoms with Gasteiger partial charge in [-0.05, 0) is 58.0 Å². The van der Waals surface area contributed by atoms with Gasteiger partial charge in [0.15, 0.2) is 5.96 Å². The summed E-state index contributed by atoms with van der Waals surface area (Å²) in [5, 5.41) is 3.45. The van der Waals surface area contributed by atoms with Gasteiger partial charge in [0.2, 0.25) is 0 Å². The molecule has 0 radical (unpaired) electrons. The predicted molar refractivity (Wildman–Crippen MR) is 103 cm³/mol. The Kier molecular flexibility index (Phi) is 9.23. The van der Waals surface area contributed by atoms with Gasteiger partial charge in [-0.1, -0.05) is 12.1 Å². The number of aliphatic imine (C=N–C) groups is 1. The quantitative estimate of drug-likeness (QED) is 0.428. The Labute approximate surface area is 147 Å². The number of unbranched alkanes of at least 4 members (excludes halogenated alkanes) is 1. The largest absolute Gasteiger partial charge is 0.497 e. The van der Waals surface area contributed by atoms with E-state index in [1.165, 1.54) is 12.0 Å². The molecule has 0 aliphatic heterocycles. The Morgan fingerprint density at radius 1 is 1.17 bits per heavy atom. The third-order valence-electron chi connectivity index (χ3n) is 4.25. The first-order valence-corrected chi connectivity index (χ1v) is 8.73. The molecule has 0 spiro atoms. The van der Waals surface area contributed by atoms with Crippen molar-refractivity contribution in [3.63, 3.8) is 0 Å². The summed E-state index contributed by atoms with van der Waals surface area (Å²) in [5.41, 5.74) is 1.24. The molecule has 1 aromatic carbocycles. The van der Waals surface area contributed by atoms with E-state index < -0.39 is 0 Å². The van der Waals surface area contributed by atoms with Crippen LogP contribution in [0.1, 0.15) is 32.3 Å². The molecule has 0 bridgehead atoms. The van der Waals surface area contributed by atoms with Gasteiger partial charge < -0.3 is 19.9 Å². The summed E-state index contributed by atoms with van der Waals surface area (Å²) in [6.07, 6.45) is 2.34. The fourth-order valence-electron chi connectivity index (χ4n) is 2.41. The first kappa shape index (κ1) is 20.3. The van der Waals surface area contributed by atoms with Gasteiger partial charge in [-0.3, -0.25) is 4.99 Å². The number of hydrogen-bond acceptors (Lipinski definition) is 3. The maximum absolute atomic E-state index is 5.20. The molecule has 0 unspecified atom stereocenters. The van der Waals surface area contributed by atoms with E-state index in [1.807, 2.05) is 19.2 Å². The Bertz CT molecular complexity index is 485. The van der Waals surface area contributed by atoms with Crippen LogP contribution >= 0.6 is 0 Å². The van der Waals surface area contributed by atoms with Crippen molar-refractivity contribution in [2.45, 2.75) is 39.3 Å². The van der Waals surface area contributed by atoms with E-state index in [-0.39, 0.29) is 0 Å². The van der Waals surface area contributed by atoms with Crippen molar-refractivity contribution >= 4 is 5.96 Å². The summed E-state index contributed by atoms with van der Waals surface area (Å²) in [6, 6.07) is 8.77. The number of ether oxygens (including phenoxy) is 1. The van der Waals surface area contributed by atoms with Crippen molar-refractivity contribution in [3.05, 3.63) is 29.8 Å². The highest BCUT2D eigenvalue weighted by Gasteiger charge is 2.07. The van der Waals surface area contributed by atoms with Gasteiger partial charge in [-0.15, -0.1) is 0 Å². The molecule has 5 nitrogen and oxygen atoms in total. The average Bonchev–Trinajstić information content (AvgIpc) is 2.58. The summed E-state index contributed by atoms with van der Waals surface area (Å²) >= 11 is 0. The van der Waals surface area contributed by atoms with Crippen molar-refractivity contribution in [1.82, 2.24) is 15.1 Å². The van der Waals surface area contributed by atoms with Gasteiger partial charge in [0.05, 0.1) is 7.11 Å². The molecule has 1 aromatic rings. The molecule has 0 saturated heterocycles. The lowest BCUT2D eigenvalue weighted by Crippen LogP contribution is -2.39. The summed E-state index contributed by atoms with van der Waals surface area (Å²) in [4.78, 5) is 8.90. The lowest BCUT2D eigenvalue weighted by molar-refractivity contribution is 0.268. The van der Waals surface area contributed by atoms with Crippen LogP contribution in [0.15, 0.2) is 29.3 Å². The first-order valence-electron chi connectivity index (χ1n) is 8.73. The number of methoxy groups -OCH3 is 1. The molecule has 136 valence electrons. The number of nitrogens with zero attached hydrogens (tertiary/aromatic N) is 3. The van der Waals surface area contributed by atoms with Gasteiger partial charge in [-0.2, -0.15) is 0 Å². The zero-order chi connectivity index (χ0) is 17.9. The fourth-order valence-corrected chi connectivity index (χ4v) is 2.41. The van der Waals surface area contributed by atoms with Crippen molar-refractivity contribution in [1.29, 1.82) is 0 Å². The van der Waals surface area contributed by atoms with Crippen molar-refractivity contribution in [2.75, 3.05) is 41.3 Å². The Hall–Kier alpha value is -1.75. The summed E-state index contributed by atoms with van der Waals surface area (Å²) in [5.74, 6) is 1.82. The minimum Gasteiger partial charge on any atom is -0.497 e. The van der Waals surface area contributed by atoms with Crippen molar-refractivity contribution in [2.24, 2.45) is 4.99 Å². The molecule has 0 aliphatic carbocycles. The van der Waals surface area contributed by atoms with Crippen molar-refractivity contribution < 1.29 is 4.74 Å². The minimum absolute atomic E-state index is 0.612. The van der Waals surface area contributed by atoms with E-state index >= 15 is 0 Å². The highest BCUT2D eigenvalue weighted by atomic mass is 16.5. The van der Waals surface area contributed by atoms with Gasteiger partial charge in [0.1, 0.15) is 5.75 Å². The van der Waals surface area contributed by atoms with E-state index in [0.717, 1.165) is 37.8 Å². The maximum Gasteiger partial charge on any atom is 0.193 e. The standard InChI is InChI=1S/C19H34N4O/c1-16(2)22(4)14-8-7-13-21-19(20-3)23(5)15-17-9-11-18(24-6)12-10-17/h9-12,16H,7-8,13-15H2,1-6H3,(H,20,21). The molecule has 0 heterocycles. The molecular weight excluding hydrogens is 300 g/mol. The Morgan fingerprint density at radius 3 is 2.38 bits per heavy atom. The molecule has 0 amide bonds. The first-order chi connectivity index (χ1) is 11.5. The van der Waals surface area contributed by atoms with Gasteiger partial charge >= 0.3 is 0 Å². The van der Waals surface area contributed by atoms with Gasteiger partial charge in [-0.25, -0.2) is 0 Å². The van der Waals surface area contributed by atoms with Crippen LogP contribution < -0.4 is 10.1 Å². The SMILES string of the molecule is CN=C(NCCCCN(C)C(C)C)N(C)Cc1ccc(OC)cc1. The van der Waals surface area contributed by atoms with Gasteiger partial charge in [0.25, 0.3) is 0 Å². The molecule has 0 fully saturated rings. The highest BCUT2D eigenvalue weighted by Crippen LogP contribution is 2.12. The fraction of sp³-hybridized carbons (Fsp3) is 0.632. The lowest BCUT2D eigenvalue weighted by atomic mass is 10.2. The van der Waals surface area contributed by atoms with E-state index in [1.54, 1.807) is 7.11 Å². The molecule has 0 aliphatic rings. The number of hydrogen-bond donors (Lipinski definition) is 1. The molecule has 24 heavy (non-hydrogen) atoms. The van der Waals surface area contributed by atoms with Crippen LogP contribution in [0.5, 0.6) is 5.75 Å². The molecule has 0 atom stereocenters. The third-order valence-corrected chi connectivity index (χ3v) is 4.25. The Morgan fingerprint density at radius 2 is 1.83 bits per heavy atom. The summed E-state index contributed by atoms with van der Waals surface area (Å²) in [6.45, 7) is 7.37. The molecule has 1 N–H and O–H groups in total. The van der Waals surface area contributed by atoms with E-state index in [2.05, 4.69) is 60.2 Å². The number of guanidine groups is 1. The number of nitrogens with one attached hydrogen (secondary N) is 1. The monoisotopic (exact) mass is 334 g/mol. The van der Waals surface area contributed by atoms with Crippen LogP contribution in [0.4, 0.5) is 0 Å². The summed E-state index contributed by atoms with van der Waals surface area (Å²) < 4.78 is 5.20. The maximum atomic E-state index is 5.20. The van der Waals surface area contributed by atoms with E-state index in [0.29, 0.717) is 6.04 Å². The van der Waals surface area contributed by atoms with E-state index in [9.17, 15) is 0 Å². The van der Waals surface area contributed by atoms with Crippen LogP contribution in [0.25, 0.3) is 0 Å². The molecule has 1 rings (SSSR count). The van der Waals surface area contributed by atoms with Gasteiger partial charge in [0, 0.05) is 33.2 Å². The average molecular weight is 335 g/mol. The van der Waals surface area contributed by atoms with Crippen LogP contribution in [0, 0.1) is 0 Å². The number of rotatable bonds is 9. The second-order valence-electron chi connectivity index (χ2n) is 6.46.